The van der Waals surface area contributed by atoms with Crippen LogP contribution in [-0.4, -0.2) is 24.0 Å². The minimum Gasteiger partial charge on any atom is -0.478 e. The number of halogens is 4. The van der Waals surface area contributed by atoms with Crippen LogP contribution < -0.4 is 4.74 Å². The SMILES string of the molecule is O=C(O)c1cc(Oc2ccc(C(F)(F)F)cc2Cl)ccc1S(=O)(=O)O. The number of carboxylic acid groups (broad SMARTS) is 1. The van der Waals surface area contributed by atoms with Crippen LogP contribution in [0.2, 0.25) is 5.02 Å². The van der Waals surface area contributed by atoms with Gasteiger partial charge in [-0.05, 0) is 36.4 Å². The fraction of sp³-hybridized carbons (Fsp3) is 0.0714. The molecular weight excluding hydrogens is 389 g/mol. The minimum atomic E-state index is -4.79. The lowest BCUT2D eigenvalue weighted by Crippen LogP contribution is -2.08. The van der Waals surface area contributed by atoms with Gasteiger partial charge < -0.3 is 9.84 Å². The molecule has 2 rings (SSSR count). The van der Waals surface area contributed by atoms with Gasteiger partial charge in [0.15, 0.2) is 0 Å². The molecule has 0 radical (unpaired) electrons. The summed E-state index contributed by atoms with van der Waals surface area (Å²) in [5, 5.41) is 8.63. The molecule has 0 amide bonds. The molecule has 0 saturated heterocycles. The fourth-order valence-corrected chi connectivity index (χ4v) is 2.73. The molecular formula is C14H8ClF3O6S. The summed E-state index contributed by atoms with van der Waals surface area (Å²) >= 11 is 5.71. The second-order valence-corrected chi connectivity index (χ2v) is 6.48. The van der Waals surface area contributed by atoms with Gasteiger partial charge in [-0.25, -0.2) is 4.79 Å². The Hall–Kier alpha value is -2.30. The number of alkyl halides is 3. The Kier molecular flexibility index (Phi) is 4.98. The van der Waals surface area contributed by atoms with Crippen LogP contribution in [0.15, 0.2) is 41.3 Å². The molecule has 0 heterocycles. The van der Waals surface area contributed by atoms with Crippen molar-refractivity contribution in [2.75, 3.05) is 0 Å². The number of ether oxygens (including phenoxy) is 1. The maximum atomic E-state index is 12.6. The van der Waals surface area contributed by atoms with Crippen LogP contribution >= 0.6 is 11.6 Å². The van der Waals surface area contributed by atoms with E-state index < -0.39 is 38.3 Å². The van der Waals surface area contributed by atoms with E-state index in [0.29, 0.717) is 12.1 Å². The van der Waals surface area contributed by atoms with Crippen molar-refractivity contribution in [2.24, 2.45) is 0 Å². The third-order valence-electron chi connectivity index (χ3n) is 2.95. The van der Waals surface area contributed by atoms with Gasteiger partial charge in [0.05, 0.1) is 16.1 Å². The highest BCUT2D eigenvalue weighted by Crippen LogP contribution is 2.36. The molecule has 25 heavy (non-hydrogen) atoms. The van der Waals surface area contributed by atoms with E-state index in [4.69, 9.17) is 26.0 Å². The highest BCUT2D eigenvalue weighted by Gasteiger charge is 2.31. The van der Waals surface area contributed by atoms with Gasteiger partial charge in [0, 0.05) is 0 Å². The van der Waals surface area contributed by atoms with Crippen molar-refractivity contribution in [3.05, 3.63) is 52.5 Å². The van der Waals surface area contributed by atoms with Crippen molar-refractivity contribution in [1.82, 2.24) is 0 Å². The van der Waals surface area contributed by atoms with Gasteiger partial charge in [0.25, 0.3) is 10.1 Å². The van der Waals surface area contributed by atoms with Crippen molar-refractivity contribution in [3.8, 4) is 11.5 Å². The van der Waals surface area contributed by atoms with Gasteiger partial charge in [0.2, 0.25) is 0 Å². The summed E-state index contributed by atoms with van der Waals surface area (Å²) in [6.07, 6.45) is -4.60. The molecule has 0 saturated carbocycles. The third-order valence-corrected chi connectivity index (χ3v) is 4.15. The van der Waals surface area contributed by atoms with Crippen LogP contribution in [0.3, 0.4) is 0 Å². The predicted octanol–water partition coefficient (Wildman–Crippen LogP) is 4.10. The van der Waals surface area contributed by atoms with Gasteiger partial charge in [0.1, 0.15) is 16.4 Å². The summed E-state index contributed by atoms with van der Waals surface area (Å²) < 4.78 is 74.2. The number of hydrogen-bond donors (Lipinski definition) is 2. The Morgan fingerprint density at radius 2 is 1.76 bits per heavy atom. The second kappa shape index (κ2) is 6.54. The summed E-state index contributed by atoms with van der Waals surface area (Å²) in [4.78, 5) is 10.3. The highest BCUT2D eigenvalue weighted by molar-refractivity contribution is 7.86. The van der Waals surface area contributed by atoms with Gasteiger partial charge in [-0.3, -0.25) is 4.55 Å². The van der Waals surface area contributed by atoms with Crippen LogP contribution in [0.5, 0.6) is 11.5 Å². The summed E-state index contributed by atoms with van der Waals surface area (Å²) in [6, 6.07) is 4.87. The number of carbonyl (C=O) groups is 1. The average Bonchev–Trinajstić information content (AvgIpc) is 2.47. The molecule has 0 aliphatic rings. The maximum absolute atomic E-state index is 12.6. The van der Waals surface area contributed by atoms with E-state index in [1.165, 1.54) is 0 Å². The first-order valence-corrected chi connectivity index (χ1v) is 8.11. The first-order valence-electron chi connectivity index (χ1n) is 6.29. The zero-order valence-corrected chi connectivity index (χ0v) is 13.5. The topological polar surface area (TPSA) is 101 Å². The van der Waals surface area contributed by atoms with Gasteiger partial charge >= 0.3 is 12.1 Å². The van der Waals surface area contributed by atoms with Crippen molar-refractivity contribution in [1.29, 1.82) is 0 Å². The minimum absolute atomic E-state index is 0.202. The fourth-order valence-electron chi connectivity index (χ4n) is 1.85. The van der Waals surface area contributed by atoms with E-state index in [1.54, 1.807) is 0 Å². The standard InChI is InChI=1S/C14H8ClF3O6S/c15-10-5-7(14(16,17)18)1-3-11(10)24-8-2-4-12(25(21,22)23)9(6-8)13(19)20/h1-6H,(H,19,20)(H,21,22,23). The molecule has 0 bridgehead atoms. The molecule has 0 unspecified atom stereocenters. The average molecular weight is 397 g/mol. The van der Waals surface area contributed by atoms with Crippen LogP contribution in [-0.2, 0) is 16.3 Å². The number of carboxylic acids is 1. The Balaban J connectivity index is 2.42. The summed E-state index contributed by atoms with van der Waals surface area (Å²) in [5.74, 6) is -2.06. The molecule has 0 aliphatic carbocycles. The van der Waals surface area contributed by atoms with Crippen molar-refractivity contribution in [3.63, 3.8) is 0 Å². The van der Waals surface area contributed by atoms with Crippen LogP contribution in [0.4, 0.5) is 13.2 Å². The molecule has 2 aromatic rings. The molecule has 0 fully saturated rings. The van der Waals surface area contributed by atoms with E-state index in [-0.39, 0.29) is 16.5 Å². The van der Waals surface area contributed by atoms with E-state index >= 15 is 0 Å². The Morgan fingerprint density at radius 3 is 2.24 bits per heavy atom. The normalized spacial score (nSPS) is 12.0. The Morgan fingerprint density at radius 1 is 1.12 bits per heavy atom. The third kappa shape index (κ3) is 4.41. The molecule has 0 aliphatic heterocycles. The van der Waals surface area contributed by atoms with Crippen molar-refractivity contribution < 1.29 is 40.8 Å². The molecule has 134 valence electrons. The molecule has 11 heteroatoms. The summed E-state index contributed by atoms with van der Waals surface area (Å²) in [7, 11) is -4.79. The summed E-state index contributed by atoms with van der Waals surface area (Å²) in [5.41, 5.74) is -1.78. The van der Waals surface area contributed by atoms with Crippen molar-refractivity contribution >= 4 is 27.7 Å². The van der Waals surface area contributed by atoms with E-state index in [1.807, 2.05) is 0 Å². The monoisotopic (exact) mass is 396 g/mol. The number of benzene rings is 2. The van der Waals surface area contributed by atoms with Crippen LogP contribution in [0.25, 0.3) is 0 Å². The Bertz CT molecular complexity index is 940. The van der Waals surface area contributed by atoms with E-state index in [0.717, 1.165) is 24.3 Å². The lowest BCUT2D eigenvalue weighted by molar-refractivity contribution is -0.137. The lowest BCUT2D eigenvalue weighted by atomic mass is 10.2. The van der Waals surface area contributed by atoms with Gasteiger partial charge in [-0.15, -0.1) is 0 Å². The highest BCUT2D eigenvalue weighted by atomic mass is 35.5. The number of rotatable bonds is 4. The summed E-state index contributed by atoms with van der Waals surface area (Å²) in [6.45, 7) is 0. The first kappa shape index (κ1) is 19.0. The van der Waals surface area contributed by atoms with Crippen LogP contribution in [0, 0.1) is 0 Å². The first-order chi connectivity index (χ1) is 11.4. The zero-order chi connectivity index (χ0) is 19.0. The van der Waals surface area contributed by atoms with Gasteiger partial charge in [-0.2, -0.15) is 21.6 Å². The molecule has 6 nitrogen and oxygen atoms in total. The van der Waals surface area contributed by atoms with Gasteiger partial charge in [-0.1, -0.05) is 11.6 Å². The number of aromatic carboxylic acids is 1. The largest absolute Gasteiger partial charge is 0.478 e. The maximum Gasteiger partial charge on any atom is 0.416 e. The lowest BCUT2D eigenvalue weighted by Gasteiger charge is -2.12. The Labute approximate surface area is 144 Å². The molecule has 2 N–H and O–H groups in total. The molecule has 0 atom stereocenters. The molecule has 0 spiro atoms. The second-order valence-electron chi connectivity index (χ2n) is 4.68. The number of hydrogen-bond acceptors (Lipinski definition) is 4. The van der Waals surface area contributed by atoms with Crippen LogP contribution in [0.1, 0.15) is 15.9 Å². The quantitative estimate of drug-likeness (QED) is 0.755. The smallest absolute Gasteiger partial charge is 0.416 e. The van der Waals surface area contributed by atoms with E-state index in [9.17, 15) is 26.4 Å². The molecule has 2 aromatic carbocycles. The van der Waals surface area contributed by atoms with Crippen molar-refractivity contribution in [2.45, 2.75) is 11.1 Å². The zero-order valence-electron chi connectivity index (χ0n) is 11.9. The molecule has 0 aromatic heterocycles. The van der Waals surface area contributed by atoms with E-state index in [2.05, 4.69) is 0 Å². The predicted molar refractivity (Wildman–Crippen MR) is 79.7 cm³/mol.